The van der Waals surface area contributed by atoms with Crippen LogP contribution in [0.25, 0.3) is 6.08 Å². The Morgan fingerprint density at radius 1 is 1.07 bits per heavy atom. The van der Waals surface area contributed by atoms with Gasteiger partial charge in [0.2, 0.25) is 0 Å². The summed E-state index contributed by atoms with van der Waals surface area (Å²) in [6, 6.07) is 10.1. The molecule has 1 aromatic heterocycles. The molecule has 0 aliphatic carbocycles. The van der Waals surface area contributed by atoms with Gasteiger partial charge in [0.15, 0.2) is 16.3 Å². The van der Waals surface area contributed by atoms with Gasteiger partial charge in [-0.1, -0.05) is 23.5 Å². The van der Waals surface area contributed by atoms with Gasteiger partial charge in [-0.25, -0.2) is 9.79 Å². The van der Waals surface area contributed by atoms with Crippen LogP contribution >= 0.6 is 33.9 Å². The largest absolute Gasteiger partial charge is 0.494 e. The third-order valence-electron chi connectivity index (χ3n) is 5.90. The Labute approximate surface area is 248 Å². The molecular formula is C29H29IN2O7S. The first-order chi connectivity index (χ1) is 19.2. The van der Waals surface area contributed by atoms with Crippen LogP contribution < -0.4 is 29.1 Å². The number of nitrogens with zero attached hydrogens (tertiary/aromatic N) is 2. The van der Waals surface area contributed by atoms with Crippen molar-refractivity contribution in [3.63, 3.8) is 0 Å². The number of fused-ring (bicyclic) bond motifs is 1. The predicted octanol–water partition coefficient (Wildman–Crippen LogP) is 4.13. The standard InChI is InChI=1S/C29H29IN2O7S/c1-6-36-20-11-9-19(10-12-20)25-24(28(35)38-8-3)16(4)31-29-32(25)27(34)23(40-29)15-18-13-21(30)26(39-17(5)33)22(14-18)37-7-2/h9-15,25H,6-8H2,1-5H3/b23-15-/t25-/m1/s1. The first kappa shape index (κ1) is 29.5. The van der Waals surface area contributed by atoms with E-state index in [1.54, 1.807) is 32.1 Å². The quantitative estimate of drug-likeness (QED) is 0.191. The molecule has 1 atom stereocenters. The highest BCUT2D eigenvalue weighted by Gasteiger charge is 2.33. The summed E-state index contributed by atoms with van der Waals surface area (Å²) < 4.78 is 24.6. The lowest BCUT2D eigenvalue weighted by Crippen LogP contribution is -2.39. The van der Waals surface area contributed by atoms with E-state index in [0.29, 0.717) is 60.2 Å². The van der Waals surface area contributed by atoms with Crippen molar-refractivity contribution >= 4 is 51.9 Å². The van der Waals surface area contributed by atoms with Crippen LogP contribution in [0.5, 0.6) is 17.2 Å². The Balaban J connectivity index is 1.89. The predicted molar refractivity (Wildman–Crippen MR) is 160 cm³/mol. The average molecular weight is 677 g/mol. The molecule has 0 bridgehead atoms. The van der Waals surface area contributed by atoms with Crippen molar-refractivity contribution in [2.45, 2.75) is 40.7 Å². The summed E-state index contributed by atoms with van der Waals surface area (Å²) in [4.78, 5) is 43.7. The van der Waals surface area contributed by atoms with Crippen LogP contribution in [0.4, 0.5) is 0 Å². The molecule has 3 aromatic rings. The maximum atomic E-state index is 13.9. The molecule has 210 valence electrons. The molecule has 9 nitrogen and oxygen atoms in total. The summed E-state index contributed by atoms with van der Waals surface area (Å²) in [7, 11) is 0. The van der Waals surface area contributed by atoms with Crippen LogP contribution in [-0.2, 0) is 14.3 Å². The number of rotatable bonds is 9. The van der Waals surface area contributed by atoms with E-state index in [-0.39, 0.29) is 12.2 Å². The maximum Gasteiger partial charge on any atom is 0.338 e. The van der Waals surface area contributed by atoms with Crippen LogP contribution in [0.3, 0.4) is 0 Å². The SMILES string of the molecule is CCOC(=O)C1=C(C)N=c2s/c(=C\c3cc(I)c(OC(C)=O)c(OCC)c3)c(=O)n2[C@@H]1c1ccc(OCC)cc1. The van der Waals surface area contributed by atoms with Gasteiger partial charge >= 0.3 is 11.9 Å². The summed E-state index contributed by atoms with van der Waals surface area (Å²) in [5, 5.41) is 0. The fourth-order valence-electron chi connectivity index (χ4n) is 4.35. The second-order valence-electron chi connectivity index (χ2n) is 8.66. The number of aromatic nitrogens is 1. The smallest absolute Gasteiger partial charge is 0.338 e. The highest BCUT2D eigenvalue weighted by Crippen LogP contribution is 2.35. The van der Waals surface area contributed by atoms with E-state index in [9.17, 15) is 14.4 Å². The molecule has 0 N–H and O–H groups in total. The second kappa shape index (κ2) is 12.8. The highest BCUT2D eigenvalue weighted by atomic mass is 127. The van der Waals surface area contributed by atoms with E-state index < -0.39 is 18.0 Å². The van der Waals surface area contributed by atoms with E-state index in [2.05, 4.69) is 27.6 Å². The monoisotopic (exact) mass is 676 g/mol. The number of ether oxygens (including phenoxy) is 4. The van der Waals surface area contributed by atoms with Gasteiger partial charge in [0, 0.05) is 6.92 Å². The molecule has 4 rings (SSSR count). The minimum absolute atomic E-state index is 0.195. The molecule has 0 radical (unpaired) electrons. The zero-order chi connectivity index (χ0) is 29.0. The van der Waals surface area contributed by atoms with E-state index in [1.165, 1.54) is 22.8 Å². The molecule has 0 saturated heterocycles. The Bertz CT molecular complexity index is 1650. The van der Waals surface area contributed by atoms with Crippen LogP contribution in [0, 0.1) is 3.57 Å². The van der Waals surface area contributed by atoms with E-state index in [1.807, 2.05) is 38.1 Å². The minimum atomic E-state index is -0.724. The van der Waals surface area contributed by atoms with Crippen molar-refractivity contribution in [1.82, 2.24) is 4.57 Å². The average Bonchev–Trinajstić information content (AvgIpc) is 3.20. The van der Waals surface area contributed by atoms with Gasteiger partial charge < -0.3 is 18.9 Å². The molecular weight excluding hydrogens is 647 g/mol. The summed E-state index contributed by atoms with van der Waals surface area (Å²) >= 11 is 3.29. The van der Waals surface area contributed by atoms with E-state index in [0.717, 1.165) is 5.56 Å². The number of thiazole rings is 1. The fourth-order valence-corrected chi connectivity index (χ4v) is 6.13. The molecule has 2 heterocycles. The molecule has 11 heteroatoms. The van der Waals surface area contributed by atoms with E-state index in [4.69, 9.17) is 18.9 Å². The van der Waals surface area contributed by atoms with Gasteiger partial charge in [0.05, 0.1) is 45.2 Å². The van der Waals surface area contributed by atoms with Gasteiger partial charge in [-0.15, -0.1) is 0 Å². The lowest BCUT2D eigenvalue weighted by molar-refractivity contribution is -0.139. The summed E-state index contributed by atoms with van der Waals surface area (Å²) in [5.41, 5.74) is 1.92. The highest BCUT2D eigenvalue weighted by molar-refractivity contribution is 14.1. The topological polar surface area (TPSA) is 105 Å². The molecule has 0 unspecified atom stereocenters. The van der Waals surface area contributed by atoms with Crippen LogP contribution in [0.2, 0.25) is 0 Å². The third kappa shape index (κ3) is 6.15. The summed E-state index contributed by atoms with van der Waals surface area (Å²) in [6.07, 6.45) is 1.74. The Morgan fingerprint density at radius 3 is 2.40 bits per heavy atom. The number of halogens is 1. The normalized spacial score (nSPS) is 14.8. The van der Waals surface area contributed by atoms with Gasteiger partial charge in [0.25, 0.3) is 5.56 Å². The van der Waals surface area contributed by atoms with Crippen molar-refractivity contribution in [3.8, 4) is 17.2 Å². The summed E-state index contributed by atoms with van der Waals surface area (Å²) in [5.74, 6) is 0.444. The zero-order valence-electron chi connectivity index (χ0n) is 22.8. The van der Waals surface area contributed by atoms with Crippen molar-refractivity contribution < 1.29 is 28.5 Å². The molecule has 1 aliphatic heterocycles. The number of benzene rings is 2. The number of allylic oxidation sites excluding steroid dienone is 1. The maximum absolute atomic E-state index is 13.9. The molecule has 0 spiro atoms. The lowest BCUT2D eigenvalue weighted by Gasteiger charge is -2.24. The van der Waals surface area contributed by atoms with Crippen molar-refractivity contribution in [2.24, 2.45) is 4.99 Å². The van der Waals surface area contributed by atoms with Crippen LogP contribution in [0.1, 0.15) is 51.8 Å². The Hall–Kier alpha value is -3.45. The van der Waals surface area contributed by atoms with Gasteiger partial charge in [0.1, 0.15) is 5.75 Å². The molecule has 0 amide bonds. The summed E-state index contributed by atoms with van der Waals surface area (Å²) in [6.45, 7) is 9.63. The zero-order valence-corrected chi connectivity index (χ0v) is 25.8. The first-order valence-electron chi connectivity index (χ1n) is 12.8. The van der Waals surface area contributed by atoms with Gasteiger partial charge in [-0.2, -0.15) is 0 Å². The second-order valence-corrected chi connectivity index (χ2v) is 10.8. The number of hydrogen-bond donors (Lipinski definition) is 0. The number of esters is 2. The van der Waals surface area contributed by atoms with Crippen LogP contribution in [0.15, 0.2) is 57.5 Å². The van der Waals surface area contributed by atoms with Crippen molar-refractivity contribution in [3.05, 3.63) is 82.1 Å². The Morgan fingerprint density at radius 2 is 1.77 bits per heavy atom. The number of carbonyl (C=O) groups excluding carboxylic acids is 2. The minimum Gasteiger partial charge on any atom is -0.494 e. The number of carbonyl (C=O) groups is 2. The fraction of sp³-hybridized carbons (Fsp3) is 0.310. The van der Waals surface area contributed by atoms with E-state index >= 15 is 0 Å². The first-order valence-corrected chi connectivity index (χ1v) is 14.6. The molecule has 2 aromatic carbocycles. The lowest BCUT2D eigenvalue weighted by atomic mass is 9.96. The molecule has 40 heavy (non-hydrogen) atoms. The third-order valence-corrected chi connectivity index (χ3v) is 7.68. The van der Waals surface area contributed by atoms with Crippen LogP contribution in [-0.4, -0.2) is 36.3 Å². The molecule has 0 fully saturated rings. The van der Waals surface area contributed by atoms with Gasteiger partial charge in [-0.3, -0.25) is 14.2 Å². The number of hydrogen-bond acceptors (Lipinski definition) is 9. The molecule has 1 aliphatic rings. The van der Waals surface area contributed by atoms with Crippen molar-refractivity contribution in [1.29, 1.82) is 0 Å². The Kier molecular flexibility index (Phi) is 9.46. The van der Waals surface area contributed by atoms with Crippen molar-refractivity contribution in [2.75, 3.05) is 19.8 Å². The van der Waals surface area contributed by atoms with Gasteiger partial charge in [-0.05, 0) is 91.8 Å². The molecule has 0 saturated carbocycles.